The Morgan fingerprint density at radius 1 is 0.563 bits per heavy atom. The molecular weight excluding hydrogens is 962 g/mol. The minimum absolute atomic E-state index is 0.0502. The molecule has 0 radical (unpaired) electrons. The van der Waals surface area contributed by atoms with Crippen molar-refractivity contribution < 1.29 is 45.4 Å². The van der Waals surface area contributed by atoms with Gasteiger partial charge in [-0.1, -0.05) is 23.7 Å². The molecule has 0 aliphatic carbocycles. The highest BCUT2D eigenvalue weighted by molar-refractivity contribution is 6.33. The van der Waals surface area contributed by atoms with Gasteiger partial charge in [0.1, 0.15) is 57.0 Å². The van der Waals surface area contributed by atoms with E-state index in [1.54, 1.807) is 6.07 Å². The second kappa shape index (κ2) is 22.4. The molecule has 4 aromatic carbocycles. The molecule has 8 aromatic rings. The lowest BCUT2D eigenvalue weighted by Crippen LogP contribution is -2.49. The molecule has 0 spiro atoms. The molecule has 0 amide bonds. The van der Waals surface area contributed by atoms with Crippen LogP contribution >= 0.6 is 11.6 Å². The Balaban J connectivity index is 0.000000160. The number of aliphatic hydroxyl groups excluding tert-OH is 2. The molecule has 2 fully saturated rings. The maximum Gasteiger partial charge on any atom is 0.441 e. The van der Waals surface area contributed by atoms with Crippen molar-refractivity contribution in [3.63, 3.8) is 0 Å². The van der Waals surface area contributed by atoms with Crippen LogP contribution in [0.15, 0.2) is 103 Å². The Labute approximate surface area is 404 Å². The third-order valence-corrected chi connectivity index (χ3v) is 12.0. The number of fused-ring (bicyclic) bond motifs is 4. The van der Waals surface area contributed by atoms with Crippen LogP contribution in [0.4, 0.5) is 43.8 Å². The monoisotopic (exact) mass is 1010 g/mol. The third-order valence-electron chi connectivity index (χ3n) is 11.7. The SMILES string of the molecule is NCC(O)CN1CCN(c2nc(F)cc3ccc(F)cc23)CC1.O=c1nc(Cl)c2cc(F)ccc2o1.O=c1nc(NCC(O)CN2CCN(c3nc(F)cc4ccc(F)cc34)CC2)c2cc(F)ccc2o1. The Kier molecular flexibility index (Phi) is 15.9. The van der Waals surface area contributed by atoms with Crippen molar-refractivity contribution in [3.05, 3.63) is 146 Å². The number of hydrogen-bond donors (Lipinski definition) is 4. The summed E-state index contributed by atoms with van der Waals surface area (Å²) in [5.74, 6) is -3.54. The predicted octanol–water partition coefficient (Wildman–Crippen LogP) is 5.68. The van der Waals surface area contributed by atoms with Gasteiger partial charge in [0.2, 0.25) is 11.9 Å². The van der Waals surface area contributed by atoms with Crippen LogP contribution in [-0.2, 0) is 0 Å². The number of nitrogens with one attached hydrogen (secondary N) is 1. The molecule has 23 heteroatoms. The van der Waals surface area contributed by atoms with Crippen molar-refractivity contribution in [2.75, 3.05) is 93.7 Å². The van der Waals surface area contributed by atoms with E-state index in [1.807, 2.05) is 14.7 Å². The number of anilines is 3. The van der Waals surface area contributed by atoms with Crippen molar-refractivity contribution in [1.29, 1.82) is 0 Å². The number of piperazine rings is 2. The van der Waals surface area contributed by atoms with Gasteiger partial charge in [-0.3, -0.25) is 9.80 Å². The molecule has 2 aliphatic rings. The normalized spacial score (nSPS) is 15.4. The number of nitrogens with zero attached hydrogens (tertiary/aromatic N) is 8. The van der Waals surface area contributed by atoms with Gasteiger partial charge in [-0.05, 0) is 71.4 Å². The molecule has 6 heterocycles. The first-order chi connectivity index (χ1) is 34.1. The maximum absolute atomic E-state index is 14.0. The zero-order valence-corrected chi connectivity index (χ0v) is 38.3. The lowest BCUT2D eigenvalue weighted by Gasteiger charge is -2.36. The highest BCUT2D eigenvalue weighted by atomic mass is 35.5. The number of aromatic nitrogens is 4. The predicted molar refractivity (Wildman–Crippen MR) is 256 cm³/mol. The Morgan fingerprint density at radius 2 is 0.986 bits per heavy atom. The Morgan fingerprint density at radius 3 is 1.48 bits per heavy atom. The molecule has 372 valence electrons. The number of β-amino-alcohol motifs (C(OH)–C–C–N with tert-alkyl or cyclic N) is 2. The van der Waals surface area contributed by atoms with Crippen LogP contribution in [-0.4, -0.2) is 131 Å². The summed E-state index contributed by atoms with van der Waals surface area (Å²) in [5, 5.41) is 26.0. The van der Waals surface area contributed by atoms with Gasteiger partial charge < -0.3 is 39.9 Å². The zero-order chi connectivity index (χ0) is 50.3. The van der Waals surface area contributed by atoms with Crippen LogP contribution < -0.4 is 32.4 Å². The van der Waals surface area contributed by atoms with Crippen molar-refractivity contribution in [2.24, 2.45) is 5.73 Å². The van der Waals surface area contributed by atoms with Crippen molar-refractivity contribution >= 4 is 72.5 Å². The highest BCUT2D eigenvalue weighted by Crippen LogP contribution is 2.29. The first-order valence-corrected chi connectivity index (χ1v) is 22.6. The fourth-order valence-electron chi connectivity index (χ4n) is 8.25. The summed E-state index contributed by atoms with van der Waals surface area (Å²) in [6.07, 6.45) is -1.34. The number of benzene rings is 4. The topological polar surface area (TPSA) is 203 Å². The molecule has 4 aromatic heterocycles. The largest absolute Gasteiger partial charge is 0.441 e. The summed E-state index contributed by atoms with van der Waals surface area (Å²) in [5.41, 5.74) is 5.85. The summed E-state index contributed by atoms with van der Waals surface area (Å²) in [6, 6.07) is 18.4. The minimum atomic E-state index is -0.824. The lowest BCUT2D eigenvalue weighted by molar-refractivity contribution is 0.115. The molecule has 71 heavy (non-hydrogen) atoms. The minimum Gasteiger partial charge on any atom is -0.408 e. The van der Waals surface area contributed by atoms with E-state index in [0.717, 1.165) is 6.07 Å². The van der Waals surface area contributed by atoms with Crippen LogP contribution in [0.25, 0.3) is 43.5 Å². The number of hydrogen-bond acceptors (Lipinski definition) is 16. The summed E-state index contributed by atoms with van der Waals surface area (Å²) in [4.78, 5) is 45.5. The summed E-state index contributed by atoms with van der Waals surface area (Å²) >= 11 is 5.60. The van der Waals surface area contributed by atoms with Gasteiger partial charge in [0, 0.05) is 101 Å². The van der Waals surface area contributed by atoms with E-state index in [-0.39, 0.29) is 41.0 Å². The molecule has 5 N–H and O–H groups in total. The molecule has 16 nitrogen and oxygen atoms in total. The van der Waals surface area contributed by atoms with E-state index >= 15 is 0 Å². The van der Waals surface area contributed by atoms with Gasteiger partial charge in [0.05, 0.1) is 23.0 Å². The number of rotatable bonds is 10. The van der Waals surface area contributed by atoms with E-state index in [1.165, 1.54) is 72.8 Å². The number of pyridine rings is 2. The fraction of sp³-hybridized carbons (Fsp3) is 0.292. The van der Waals surface area contributed by atoms with E-state index in [9.17, 15) is 46.1 Å². The molecule has 10 rings (SSSR count). The molecule has 2 aliphatic heterocycles. The first kappa shape index (κ1) is 50.4. The second-order valence-electron chi connectivity index (χ2n) is 16.6. The fourth-order valence-corrected chi connectivity index (χ4v) is 8.46. The third kappa shape index (κ3) is 12.7. The summed E-state index contributed by atoms with van der Waals surface area (Å²) in [6.45, 7) is 6.07. The smallest absolute Gasteiger partial charge is 0.408 e. The van der Waals surface area contributed by atoms with Gasteiger partial charge in [-0.2, -0.15) is 18.7 Å². The molecular formula is C48H45ClF6N10O6. The number of aliphatic hydroxyl groups is 2. The Hall–Kier alpha value is -6.95. The van der Waals surface area contributed by atoms with Crippen LogP contribution in [0, 0.1) is 35.2 Å². The van der Waals surface area contributed by atoms with Crippen molar-refractivity contribution in [2.45, 2.75) is 12.2 Å². The van der Waals surface area contributed by atoms with Gasteiger partial charge in [0.25, 0.3) is 0 Å². The maximum atomic E-state index is 14.0. The van der Waals surface area contributed by atoms with Crippen LogP contribution in [0.1, 0.15) is 0 Å². The van der Waals surface area contributed by atoms with Gasteiger partial charge in [-0.25, -0.2) is 37.1 Å². The van der Waals surface area contributed by atoms with E-state index in [4.69, 9.17) is 21.8 Å². The Bertz CT molecular complexity index is 3310. The highest BCUT2D eigenvalue weighted by Gasteiger charge is 2.24. The molecule has 2 atom stereocenters. The average molecular weight is 1010 g/mol. The standard InChI is InChI=1S/C24H22F3N5O3.C16H20F2N4O.C8H3ClFNO2/c25-15-2-1-14-9-21(27)29-23(18(14)10-15)32-7-5-31(6-8-32)13-17(33)12-28-22-19-11-16(26)3-4-20(19)35-24(34)30-22;17-12-2-1-11-7-15(18)20-16(14(11)8-12)22-5-3-21(4-6-22)10-13(23)9-19;9-7-5-3-4(10)1-2-6(5)13-8(12)11-7/h1-4,9-11,17,33H,5-8,12-13H2,(H,28,30,34);1-2,7-8,13,23H,3-6,9-10,19H2;1-3H. The quantitative estimate of drug-likeness (QED) is 0.0961. The number of halogens is 7. The van der Waals surface area contributed by atoms with Crippen molar-refractivity contribution in [3.8, 4) is 0 Å². The van der Waals surface area contributed by atoms with Gasteiger partial charge in [-0.15, -0.1) is 0 Å². The van der Waals surface area contributed by atoms with Gasteiger partial charge >= 0.3 is 11.5 Å². The first-order valence-electron chi connectivity index (χ1n) is 22.2. The average Bonchev–Trinajstić information content (AvgIpc) is 3.34. The second-order valence-corrected chi connectivity index (χ2v) is 17.0. The molecule has 2 saturated heterocycles. The number of nitrogens with two attached hydrogens (primary N) is 1. The van der Waals surface area contributed by atoms with Crippen LogP contribution in [0.2, 0.25) is 5.15 Å². The van der Waals surface area contributed by atoms with Crippen LogP contribution in [0.3, 0.4) is 0 Å². The van der Waals surface area contributed by atoms with Gasteiger partial charge in [0.15, 0.2) is 0 Å². The molecule has 0 saturated carbocycles. The van der Waals surface area contributed by atoms with Crippen LogP contribution in [0.5, 0.6) is 0 Å². The van der Waals surface area contributed by atoms with E-state index < -0.39 is 53.1 Å². The van der Waals surface area contributed by atoms with E-state index in [0.29, 0.717) is 109 Å². The lowest BCUT2D eigenvalue weighted by atomic mass is 10.1. The van der Waals surface area contributed by atoms with Crippen molar-refractivity contribution in [1.82, 2.24) is 29.7 Å². The molecule has 2 unspecified atom stereocenters. The summed E-state index contributed by atoms with van der Waals surface area (Å²) in [7, 11) is 0. The molecule has 0 bridgehead atoms. The zero-order valence-electron chi connectivity index (χ0n) is 37.6. The summed E-state index contributed by atoms with van der Waals surface area (Å²) < 4.78 is 91.1. The van der Waals surface area contributed by atoms with E-state index in [2.05, 4.69) is 34.6 Å².